The van der Waals surface area contributed by atoms with Crippen LogP contribution in [0.4, 0.5) is 14.9 Å². The third kappa shape index (κ3) is 4.74. The van der Waals surface area contributed by atoms with Crippen molar-refractivity contribution in [1.29, 1.82) is 0 Å². The van der Waals surface area contributed by atoms with Gasteiger partial charge in [-0.2, -0.15) is 0 Å². The Kier molecular flexibility index (Phi) is 6.13. The number of hydrogen-bond acceptors (Lipinski definition) is 4. The minimum atomic E-state index is -0.520. The van der Waals surface area contributed by atoms with Crippen LogP contribution in [0.3, 0.4) is 0 Å². The summed E-state index contributed by atoms with van der Waals surface area (Å²) < 4.78 is 26.0. The summed E-state index contributed by atoms with van der Waals surface area (Å²) in [7, 11) is 1.67. The third-order valence-electron chi connectivity index (χ3n) is 5.90. The maximum atomic E-state index is 15.2. The number of rotatable bonds is 3. The van der Waals surface area contributed by atoms with Crippen molar-refractivity contribution in [2.24, 2.45) is 0 Å². The number of allylic oxidation sites excluding steroid dienone is 1. The summed E-state index contributed by atoms with van der Waals surface area (Å²) in [6.45, 7) is 7.73. The molecule has 2 aliphatic rings. The lowest BCUT2D eigenvalue weighted by atomic mass is 9.86. The molecule has 0 unspecified atom stereocenters. The maximum Gasteiger partial charge on any atom is 0.410 e. The Hall–Kier alpha value is -3.02. The van der Waals surface area contributed by atoms with E-state index in [-0.39, 0.29) is 11.9 Å². The predicted molar refractivity (Wildman–Crippen MR) is 125 cm³/mol. The highest BCUT2D eigenvalue weighted by atomic mass is 19.1. The zero-order valence-electron chi connectivity index (χ0n) is 19.3. The van der Waals surface area contributed by atoms with Gasteiger partial charge in [-0.05, 0) is 80.1 Å². The minimum absolute atomic E-state index is 0.241. The molecule has 2 aromatic carbocycles. The lowest BCUT2D eigenvalue weighted by molar-refractivity contribution is 0.0240. The molecule has 170 valence electrons. The van der Waals surface area contributed by atoms with Gasteiger partial charge in [-0.15, -0.1) is 0 Å². The molecule has 0 N–H and O–H groups in total. The average molecular weight is 439 g/mol. The lowest BCUT2D eigenvalue weighted by Crippen LogP contribution is -2.50. The van der Waals surface area contributed by atoms with Gasteiger partial charge in [-0.1, -0.05) is 18.2 Å². The number of halogens is 1. The molecule has 0 radical (unpaired) electrons. The van der Waals surface area contributed by atoms with Gasteiger partial charge in [-0.25, -0.2) is 9.18 Å². The van der Waals surface area contributed by atoms with Crippen LogP contribution in [0.2, 0.25) is 0 Å². The standard InChI is InChI=1S/C26H31FN2O3/c1-26(2,3)32-25(30)29-14-12-28(13-15-29)24-11-8-19(17-23(24)27)21-7-5-6-18-16-20(31-4)9-10-22(18)21/h7-11,16-17H,5-6,12-15H2,1-4H3. The van der Waals surface area contributed by atoms with Crippen molar-refractivity contribution < 1.29 is 18.7 Å². The zero-order valence-corrected chi connectivity index (χ0v) is 19.3. The molecule has 1 heterocycles. The molecule has 1 aliphatic carbocycles. The molecule has 0 spiro atoms. The van der Waals surface area contributed by atoms with E-state index in [2.05, 4.69) is 18.2 Å². The Labute approximate surface area is 189 Å². The number of methoxy groups -OCH3 is 1. The van der Waals surface area contributed by atoms with Crippen molar-refractivity contribution in [3.05, 3.63) is 65.0 Å². The number of nitrogens with zero attached hydrogens (tertiary/aromatic N) is 2. The van der Waals surface area contributed by atoms with Crippen LogP contribution in [0.15, 0.2) is 42.5 Å². The van der Waals surface area contributed by atoms with Crippen molar-refractivity contribution in [1.82, 2.24) is 4.90 Å². The van der Waals surface area contributed by atoms with E-state index in [0.29, 0.717) is 31.9 Å². The molecule has 1 saturated heterocycles. The van der Waals surface area contributed by atoms with E-state index in [9.17, 15) is 4.79 Å². The summed E-state index contributed by atoms with van der Waals surface area (Å²) in [5.41, 5.74) is 4.36. The van der Waals surface area contributed by atoms with Gasteiger partial charge in [0.15, 0.2) is 0 Å². The van der Waals surface area contributed by atoms with E-state index in [1.165, 1.54) is 5.56 Å². The molecule has 1 aliphatic heterocycles. The molecule has 0 atom stereocenters. The van der Waals surface area contributed by atoms with E-state index in [4.69, 9.17) is 9.47 Å². The van der Waals surface area contributed by atoms with Gasteiger partial charge in [0.1, 0.15) is 17.2 Å². The fourth-order valence-electron chi connectivity index (χ4n) is 4.31. The lowest BCUT2D eigenvalue weighted by Gasteiger charge is -2.37. The highest BCUT2D eigenvalue weighted by Crippen LogP contribution is 2.35. The Balaban J connectivity index is 1.47. The van der Waals surface area contributed by atoms with Crippen LogP contribution in [0.5, 0.6) is 5.75 Å². The smallest absolute Gasteiger partial charge is 0.410 e. The first-order valence-corrected chi connectivity index (χ1v) is 11.2. The number of ether oxygens (including phenoxy) is 2. The summed E-state index contributed by atoms with van der Waals surface area (Å²) in [5, 5.41) is 0. The van der Waals surface area contributed by atoms with Crippen LogP contribution < -0.4 is 9.64 Å². The van der Waals surface area contributed by atoms with E-state index < -0.39 is 5.60 Å². The first-order valence-electron chi connectivity index (χ1n) is 11.2. The Morgan fingerprint density at radius 1 is 1.03 bits per heavy atom. The average Bonchev–Trinajstić information content (AvgIpc) is 2.77. The molecular weight excluding hydrogens is 407 g/mol. The van der Waals surface area contributed by atoms with Crippen LogP contribution in [0.1, 0.15) is 43.9 Å². The molecule has 4 rings (SSSR count). The first-order chi connectivity index (χ1) is 15.2. The number of fused-ring (bicyclic) bond motifs is 1. The molecule has 2 aromatic rings. The number of anilines is 1. The Morgan fingerprint density at radius 2 is 1.78 bits per heavy atom. The summed E-state index contributed by atoms with van der Waals surface area (Å²) in [6, 6.07) is 11.5. The normalized spacial score (nSPS) is 16.3. The highest BCUT2D eigenvalue weighted by Gasteiger charge is 2.27. The minimum Gasteiger partial charge on any atom is -0.497 e. The Morgan fingerprint density at radius 3 is 2.44 bits per heavy atom. The quantitative estimate of drug-likeness (QED) is 0.655. The van der Waals surface area contributed by atoms with Gasteiger partial charge in [0.25, 0.3) is 0 Å². The van der Waals surface area contributed by atoms with Gasteiger partial charge >= 0.3 is 6.09 Å². The molecule has 0 aromatic heterocycles. The summed E-state index contributed by atoms with van der Waals surface area (Å²) in [6.07, 6.45) is 3.75. The largest absolute Gasteiger partial charge is 0.497 e. The number of aryl methyl sites for hydroxylation is 1. The molecule has 6 heteroatoms. The van der Waals surface area contributed by atoms with Crippen LogP contribution in [0.25, 0.3) is 5.57 Å². The third-order valence-corrected chi connectivity index (χ3v) is 5.90. The number of piperazine rings is 1. The molecule has 1 amide bonds. The molecule has 0 bridgehead atoms. The summed E-state index contributed by atoms with van der Waals surface area (Å²) in [5.74, 6) is 0.604. The first kappa shape index (κ1) is 22.2. The van der Waals surface area contributed by atoms with Crippen LogP contribution in [-0.4, -0.2) is 49.9 Å². The molecule has 0 saturated carbocycles. The number of carbonyl (C=O) groups excluding carboxylic acids is 1. The maximum absolute atomic E-state index is 15.2. The van der Waals surface area contributed by atoms with Gasteiger partial charge in [-0.3, -0.25) is 0 Å². The van der Waals surface area contributed by atoms with Crippen LogP contribution in [-0.2, 0) is 11.2 Å². The zero-order chi connectivity index (χ0) is 22.9. The molecule has 5 nitrogen and oxygen atoms in total. The van der Waals surface area contributed by atoms with Crippen LogP contribution in [0, 0.1) is 5.82 Å². The molecular formula is C26H31FN2O3. The van der Waals surface area contributed by atoms with Crippen molar-refractivity contribution in [3.63, 3.8) is 0 Å². The highest BCUT2D eigenvalue weighted by molar-refractivity contribution is 5.83. The van der Waals surface area contributed by atoms with E-state index in [1.807, 2.05) is 43.9 Å². The second-order valence-electron chi connectivity index (χ2n) is 9.30. The van der Waals surface area contributed by atoms with Gasteiger partial charge in [0.2, 0.25) is 0 Å². The van der Waals surface area contributed by atoms with Crippen molar-refractivity contribution in [3.8, 4) is 5.75 Å². The fourth-order valence-corrected chi connectivity index (χ4v) is 4.31. The van der Waals surface area contributed by atoms with Gasteiger partial charge in [0.05, 0.1) is 12.8 Å². The summed E-state index contributed by atoms with van der Waals surface area (Å²) in [4.78, 5) is 16.0. The predicted octanol–water partition coefficient (Wildman–Crippen LogP) is 5.27. The number of amides is 1. The SMILES string of the molecule is COc1ccc2c(c1)CCC=C2c1ccc(N2CCN(C(=O)OC(C)(C)C)CC2)c(F)c1. The number of benzene rings is 2. The van der Waals surface area contributed by atoms with Crippen molar-refractivity contribution in [2.75, 3.05) is 38.2 Å². The number of carbonyl (C=O) groups is 1. The Bertz CT molecular complexity index is 1030. The van der Waals surface area contributed by atoms with Crippen molar-refractivity contribution >= 4 is 17.4 Å². The monoisotopic (exact) mass is 438 g/mol. The van der Waals surface area contributed by atoms with Gasteiger partial charge in [0, 0.05) is 26.2 Å². The van der Waals surface area contributed by atoms with E-state index in [0.717, 1.165) is 35.3 Å². The molecule has 1 fully saturated rings. The number of hydrogen-bond donors (Lipinski definition) is 0. The van der Waals surface area contributed by atoms with Crippen molar-refractivity contribution in [2.45, 2.75) is 39.2 Å². The second kappa shape index (κ2) is 8.85. The van der Waals surface area contributed by atoms with Gasteiger partial charge < -0.3 is 19.3 Å². The molecule has 32 heavy (non-hydrogen) atoms. The second-order valence-corrected chi connectivity index (χ2v) is 9.30. The summed E-state index contributed by atoms with van der Waals surface area (Å²) >= 11 is 0. The van der Waals surface area contributed by atoms with E-state index >= 15 is 4.39 Å². The van der Waals surface area contributed by atoms with E-state index in [1.54, 1.807) is 18.1 Å². The fraction of sp³-hybridized carbons (Fsp3) is 0.423. The van der Waals surface area contributed by atoms with Crippen LogP contribution >= 0.6 is 0 Å². The topological polar surface area (TPSA) is 42.0 Å².